The summed E-state index contributed by atoms with van der Waals surface area (Å²) in [6, 6.07) is 4.21. The molecule has 0 aliphatic heterocycles. The van der Waals surface area contributed by atoms with Gasteiger partial charge in [-0.15, -0.1) is 11.3 Å². The summed E-state index contributed by atoms with van der Waals surface area (Å²) in [5.41, 5.74) is 3.62. The minimum atomic E-state index is 0.125. The maximum atomic E-state index is 9.24. The fourth-order valence-corrected chi connectivity index (χ4v) is 3.39. The second-order valence-electron chi connectivity index (χ2n) is 3.29. The van der Waals surface area contributed by atoms with Crippen LogP contribution in [-0.4, -0.2) is 5.11 Å². The molecule has 0 bridgehead atoms. The molecule has 0 aliphatic carbocycles. The Labute approximate surface area is 95.5 Å². The number of benzene rings is 1. The predicted molar refractivity (Wildman–Crippen MR) is 65.1 cm³/mol. The summed E-state index contributed by atoms with van der Waals surface area (Å²) >= 11 is 5.20. The number of alkyl halides is 1. The summed E-state index contributed by atoms with van der Waals surface area (Å²) in [5, 5.41) is 13.5. The normalized spacial score (nSPS) is 11.1. The van der Waals surface area contributed by atoms with Gasteiger partial charge in [0.1, 0.15) is 0 Å². The van der Waals surface area contributed by atoms with Crippen molar-refractivity contribution < 1.29 is 5.11 Å². The Morgan fingerprint density at radius 1 is 1.50 bits per heavy atom. The zero-order valence-electron chi connectivity index (χ0n) is 7.88. The van der Waals surface area contributed by atoms with Crippen LogP contribution in [0.4, 0.5) is 0 Å². The Morgan fingerprint density at radius 3 is 2.93 bits per heavy atom. The highest BCUT2D eigenvalue weighted by atomic mass is 79.9. The van der Waals surface area contributed by atoms with Gasteiger partial charge in [-0.05, 0) is 40.4 Å². The molecule has 3 heteroatoms. The van der Waals surface area contributed by atoms with Gasteiger partial charge in [-0.3, -0.25) is 0 Å². The third-order valence-corrected chi connectivity index (χ3v) is 4.00. The van der Waals surface area contributed by atoms with Gasteiger partial charge < -0.3 is 5.11 Å². The molecular weight excluding hydrogens is 260 g/mol. The van der Waals surface area contributed by atoms with Gasteiger partial charge >= 0.3 is 0 Å². The molecule has 1 nitrogen and oxygen atoms in total. The van der Waals surface area contributed by atoms with Crippen LogP contribution in [0.1, 0.15) is 16.7 Å². The first-order chi connectivity index (χ1) is 6.77. The lowest BCUT2D eigenvalue weighted by atomic mass is 10.0. The summed E-state index contributed by atoms with van der Waals surface area (Å²) in [5.74, 6) is 0. The number of aliphatic hydroxyl groups is 1. The topological polar surface area (TPSA) is 20.2 Å². The zero-order valence-corrected chi connectivity index (χ0v) is 10.3. The highest BCUT2D eigenvalue weighted by Gasteiger charge is 2.09. The molecule has 1 aromatic heterocycles. The molecule has 0 amide bonds. The van der Waals surface area contributed by atoms with Gasteiger partial charge in [0, 0.05) is 10.0 Å². The summed E-state index contributed by atoms with van der Waals surface area (Å²) in [6.07, 6.45) is 0. The fraction of sp³-hybridized carbons (Fsp3) is 0.273. The van der Waals surface area contributed by atoms with E-state index in [1.165, 1.54) is 21.2 Å². The molecule has 1 aromatic carbocycles. The second kappa shape index (κ2) is 4.01. The molecule has 0 unspecified atom stereocenters. The van der Waals surface area contributed by atoms with Gasteiger partial charge in [0.15, 0.2) is 0 Å². The number of aliphatic hydroxyl groups excluding tert-OH is 1. The highest BCUT2D eigenvalue weighted by molar-refractivity contribution is 9.08. The van der Waals surface area contributed by atoms with Crippen LogP contribution in [0, 0.1) is 6.92 Å². The standard InChI is InChI=1S/C11H11BrOS/c1-7-4-8(6-13)11-9(2-3-14-11)10(7)5-12/h2-4,13H,5-6H2,1H3. The average molecular weight is 271 g/mol. The molecule has 74 valence electrons. The predicted octanol–water partition coefficient (Wildman–Crippen LogP) is 3.60. The molecular formula is C11H11BrOS. The van der Waals surface area contributed by atoms with Gasteiger partial charge in [-0.1, -0.05) is 22.0 Å². The first-order valence-electron chi connectivity index (χ1n) is 4.43. The highest BCUT2D eigenvalue weighted by Crippen LogP contribution is 2.31. The van der Waals surface area contributed by atoms with Crippen LogP contribution in [0.3, 0.4) is 0 Å². The Kier molecular flexibility index (Phi) is 2.91. The summed E-state index contributed by atoms with van der Waals surface area (Å²) in [4.78, 5) is 0. The van der Waals surface area contributed by atoms with E-state index < -0.39 is 0 Å². The molecule has 2 rings (SSSR count). The van der Waals surface area contributed by atoms with Crippen LogP contribution in [0.5, 0.6) is 0 Å². The molecule has 0 spiro atoms. The van der Waals surface area contributed by atoms with Crippen LogP contribution in [0.2, 0.25) is 0 Å². The van der Waals surface area contributed by atoms with E-state index in [1.54, 1.807) is 11.3 Å². The van der Waals surface area contributed by atoms with E-state index in [0.717, 1.165) is 10.9 Å². The van der Waals surface area contributed by atoms with Gasteiger partial charge in [-0.25, -0.2) is 0 Å². The second-order valence-corrected chi connectivity index (χ2v) is 4.76. The van der Waals surface area contributed by atoms with E-state index in [0.29, 0.717) is 0 Å². The molecule has 0 aliphatic rings. The van der Waals surface area contributed by atoms with Gasteiger partial charge in [0.05, 0.1) is 6.61 Å². The van der Waals surface area contributed by atoms with Crippen LogP contribution in [0.15, 0.2) is 17.5 Å². The first kappa shape index (κ1) is 10.1. The zero-order chi connectivity index (χ0) is 10.1. The van der Waals surface area contributed by atoms with E-state index in [-0.39, 0.29) is 6.61 Å². The van der Waals surface area contributed by atoms with Crippen molar-refractivity contribution in [2.75, 3.05) is 0 Å². The molecule has 1 N–H and O–H groups in total. The van der Waals surface area contributed by atoms with Crippen LogP contribution >= 0.6 is 27.3 Å². The monoisotopic (exact) mass is 270 g/mol. The Balaban J connectivity index is 2.81. The smallest absolute Gasteiger partial charge is 0.0695 e. The molecule has 0 radical (unpaired) electrons. The lowest BCUT2D eigenvalue weighted by molar-refractivity contribution is 0.283. The Bertz CT molecular complexity index is 462. The average Bonchev–Trinajstić information content (AvgIpc) is 2.65. The largest absolute Gasteiger partial charge is 0.392 e. The van der Waals surface area contributed by atoms with Crippen molar-refractivity contribution in [2.45, 2.75) is 18.9 Å². The summed E-state index contributed by atoms with van der Waals surface area (Å²) < 4.78 is 1.22. The molecule has 2 aromatic rings. The lowest BCUT2D eigenvalue weighted by Crippen LogP contribution is -1.91. The third kappa shape index (κ3) is 1.49. The van der Waals surface area contributed by atoms with E-state index in [1.807, 2.05) is 0 Å². The van der Waals surface area contributed by atoms with Crippen LogP contribution in [0.25, 0.3) is 10.1 Å². The van der Waals surface area contributed by atoms with Gasteiger partial charge in [0.2, 0.25) is 0 Å². The maximum Gasteiger partial charge on any atom is 0.0695 e. The summed E-state index contributed by atoms with van der Waals surface area (Å²) in [7, 11) is 0. The SMILES string of the molecule is Cc1cc(CO)c2sccc2c1CBr. The molecule has 1 heterocycles. The molecule has 0 atom stereocenters. The van der Waals surface area contributed by atoms with Crippen molar-refractivity contribution in [3.63, 3.8) is 0 Å². The molecule has 0 saturated carbocycles. The van der Waals surface area contributed by atoms with Crippen LogP contribution in [-0.2, 0) is 11.9 Å². The van der Waals surface area contributed by atoms with E-state index in [9.17, 15) is 5.11 Å². The number of hydrogen-bond acceptors (Lipinski definition) is 2. The van der Waals surface area contributed by atoms with Crippen molar-refractivity contribution >= 4 is 37.4 Å². The molecule has 0 fully saturated rings. The quantitative estimate of drug-likeness (QED) is 0.827. The van der Waals surface area contributed by atoms with Gasteiger partial charge in [0.25, 0.3) is 0 Å². The Hall–Kier alpha value is -0.380. The number of fused-ring (bicyclic) bond motifs is 1. The first-order valence-corrected chi connectivity index (χ1v) is 6.43. The molecule has 0 saturated heterocycles. The number of halogens is 1. The van der Waals surface area contributed by atoms with E-state index in [2.05, 4.69) is 40.4 Å². The fourth-order valence-electron chi connectivity index (χ4n) is 1.72. The third-order valence-electron chi connectivity index (χ3n) is 2.45. The van der Waals surface area contributed by atoms with Crippen molar-refractivity contribution in [3.8, 4) is 0 Å². The van der Waals surface area contributed by atoms with Crippen molar-refractivity contribution in [3.05, 3.63) is 34.2 Å². The van der Waals surface area contributed by atoms with Crippen molar-refractivity contribution in [1.29, 1.82) is 0 Å². The minimum Gasteiger partial charge on any atom is -0.392 e. The molecule has 14 heavy (non-hydrogen) atoms. The number of hydrogen-bond donors (Lipinski definition) is 1. The number of thiophene rings is 1. The summed E-state index contributed by atoms with van der Waals surface area (Å²) in [6.45, 7) is 2.22. The lowest BCUT2D eigenvalue weighted by Gasteiger charge is -2.07. The number of rotatable bonds is 2. The van der Waals surface area contributed by atoms with Gasteiger partial charge in [-0.2, -0.15) is 0 Å². The van der Waals surface area contributed by atoms with Crippen molar-refractivity contribution in [2.24, 2.45) is 0 Å². The minimum absolute atomic E-state index is 0.125. The Morgan fingerprint density at radius 2 is 2.29 bits per heavy atom. The maximum absolute atomic E-state index is 9.24. The van der Waals surface area contributed by atoms with E-state index >= 15 is 0 Å². The number of aryl methyl sites for hydroxylation is 1. The van der Waals surface area contributed by atoms with Crippen LogP contribution < -0.4 is 0 Å². The van der Waals surface area contributed by atoms with E-state index in [4.69, 9.17) is 0 Å². The van der Waals surface area contributed by atoms with Crippen molar-refractivity contribution in [1.82, 2.24) is 0 Å².